The largest absolute Gasteiger partial charge is 0.305 e. The van der Waals surface area contributed by atoms with Gasteiger partial charge in [-0.25, -0.2) is 13.8 Å². The Bertz CT molecular complexity index is 644. The molecule has 0 aromatic carbocycles. The summed E-state index contributed by atoms with van der Waals surface area (Å²) in [7, 11) is 0. The van der Waals surface area contributed by atoms with Gasteiger partial charge in [0, 0.05) is 4.88 Å². The third-order valence-electron chi connectivity index (χ3n) is 3.65. The third-order valence-corrected chi connectivity index (χ3v) is 4.85. The highest BCUT2D eigenvalue weighted by Crippen LogP contribution is 2.37. The first-order valence-corrected chi connectivity index (χ1v) is 7.28. The minimum absolute atomic E-state index is 0.430. The van der Waals surface area contributed by atoms with Crippen molar-refractivity contribution in [3.05, 3.63) is 27.1 Å². The third kappa shape index (κ3) is 2.41. The van der Waals surface area contributed by atoms with E-state index in [0.29, 0.717) is 16.1 Å². The molecular weight excluding hydrogens is 270 g/mol. The number of rotatable bonds is 2. The van der Waals surface area contributed by atoms with Crippen molar-refractivity contribution < 1.29 is 8.78 Å². The second kappa shape index (κ2) is 5.00. The number of thiophene rings is 1. The molecule has 1 saturated carbocycles. The first-order chi connectivity index (χ1) is 9.15. The first-order valence-electron chi connectivity index (χ1n) is 6.47. The standard InChI is InChI=1S/C13H14F2N2OS/c14-10(15)11-16-12(18)8-6-9(19-13(8)17-11)7-4-2-1-3-5-7/h6-7,10H,1-5H2,(H,16,17,18). The average Bonchev–Trinajstić information content (AvgIpc) is 2.84. The Balaban J connectivity index is 2.04. The van der Waals surface area contributed by atoms with Gasteiger partial charge in [0.05, 0.1) is 5.39 Å². The van der Waals surface area contributed by atoms with Crippen molar-refractivity contribution >= 4 is 21.6 Å². The molecular formula is C13H14F2N2OS. The molecule has 0 aliphatic heterocycles. The lowest BCUT2D eigenvalue weighted by molar-refractivity contribution is 0.140. The maximum Gasteiger partial charge on any atom is 0.295 e. The van der Waals surface area contributed by atoms with Crippen LogP contribution in [0.15, 0.2) is 10.9 Å². The molecule has 6 heteroatoms. The average molecular weight is 284 g/mol. The van der Waals surface area contributed by atoms with Crippen LogP contribution in [0.2, 0.25) is 0 Å². The molecule has 2 aromatic rings. The van der Waals surface area contributed by atoms with Crippen LogP contribution < -0.4 is 5.56 Å². The molecule has 1 aliphatic rings. The predicted octanol–water partition coefficient (Wildman–Crippen LogP) is 3.97. The summed E-state index contributed by atoms with van der Waals surface area (Å²) in [6.07, 6.45) is 3.15. The molecule has 1 aliphatic carbocycles. The lowest BCUT2D eigenvalue weighted by Crippen LogP contribution is -2.10. The molecule has 102 valence electrons. The van der Waals surface area contributed by atoms with Crippen molar-refractivity contribution in [3.8, 4) is 0 Å². The summed E-state index contributed by atoms with van der Waals surface area (Å²) < 4.78 is 25.2. The molecule has 1 fully saturated rings. The Morgan fingerprint density at radius 2 is 2.05 bits per heavy atom. The molecule has 3 nitrogen and oxygen atoms in total. The molecule has 1 N–H and O–H groups in total. The molecule has 3 rings (SSSR count). The minimum atomic E-state index is -2.74. The SMILES string of the molecule is O=c1[nH]c(C(F)F)nc2sc(C3CCCCC3)cc12. The number of aromatic nitrogens is 2. The normalized spacial score (nSPS) is 17.4. The monoisotopic (exact) mass is 284 g/mol. The van der Waals surface area contributed by atoms with E-state index in [2.05, 4.69) is 9.97 Å². The Hall–Kier alpha value is -1.30. The summed E-state index contributed by atoms with van der Waals surface area (Å²) >= 11 is 1.39. The molecule has 0 saturated heterocycles. The molecule has 0 radical (unpaired) electrons. The first kappa shape index (κ1) is 12.7. The van der Waals surface area contributed by atoms with Gasteiger partial charge >= 0.3 is 0 Å². The molecule has 0 spiro atoms. The van der Waals surface area contributed by atoms with Gasteiger partial charge in [0.25, 0.3) is 12.0 Å². The number of alkyl halides is 2. The van der Waals surface area contributed by atoms with Crippen LogP contribution in [-0.4, -0.2) is 9.97 Å². The van der Waals surface area contributed by atoms with E-state index in [9.17, 15) is 13.6 Å². The van der Waals surface area contributed by atoms with Crippen molar-refractivity contribution in [2.24, 2.45) is 0 Å². The fourth-order valence-corrected chi connectivity index (χ4v) is 3.87. The summed E-state index contributed by atoms with van der Waals surface area (Å²) in [6, 6.07) is 1.83. The highest BCUT2D eigenvalue weighted by Gasteiger charge is 2.20. The Morgan fingerprint density at radius 1 is 1.32 bits per heavy atom. The number of aromatic amines is 1. The van der Waals surface area contributed by atoms with Gasteiger partial charge in [-0.05, 0) is 24.8 Å². The lowest BCUT2D eigenvalue weighted by atomic mass is 9.88. The fraction of sp³-hybridized carbons (Fsp3) is 0.538. The number of fused-ring (bicyclic) bond motifs is 1. The number of H-pyrrole nitrogens is 1. The number of hydrogen-bond acceptors (Lipinski definition) is 3. The van der Waals surface area contributed by atoms with Gasteiger partial charge in [-0.3, -0.25) is 4.79 Å². The van der Waals surface area contributed by atoms with E-state index in [1.54, 1.807) is 0 Å². The van der Waals surface area contributed by atoms with Crippen LogP contribution in [0.3, 0.4) is 0 Å². The van der Waals surface area contributed by atoms with E-state index in [4.69, 9.17) is 0 Å². The van der Waals surface area contributed by atoms with Crippen LogP contribution in [0.1, 0.15) is 55.1 Å². The van der Waals surface area contributed by atoms with E-state index in [0.717, 1.165) is 17.7 Å². The molecule has 0 atom stereocenters. The fourth-order valence-electron chi connectivity index (χ4n) is 2.66. The van der Waals surface area contributed by atoms with Gasteiger partial charge in [0.2, 0.25) is 0 Å². The lowest BCUT2D eigenvalue weighted by Gasteiger charge is -2.19. The summed E-state index contributed by atoms with van der Waals surface area (Å²) in [5, 5.41) is 0.440. The van der Waals surface area contributed by atoms with E-state index >= 15 is 0 Å². The zero-order chi connectivity index (χ0) is 13.4. The van der Waals surface area contributed by atoms with E-state index in [1.807, 2.05) is 6.07 Å². The number of hydrogen-bond donors (Lipinski definition) is 1. The van der Waals surface area contributed by atoms with Crippen molar-refractivity contribution in [1.82, 2.24) is 9.97 Å². The van der Waals surface area contributed by atoms with Crippen LogP contribution >= 0.6 is 11.3 Å². The smallest absolute Gasteiger partial charge is 0.295 e. The maximum atomic E-state index is 12.6. The summed E-state index contributed by atoms with van der Waals surface area (Å²) in [6.45, 7) is 0. The van der Waals surface area contributed by atoms with Gasteiger partial charge in [0.15, 0.2) is 5.82 Å². The minimum Gasteiger partial charge on any atom is -0.305 e. The van der Waals surface area contributed by atoms with Crippen LogP contribution in [0.4, 0.5) is 8.78 Å². The van der Waals surface area contributed by atoms with Crippen molar-refractivity contribution in [2.45, 2.75) is 44.4 Å². The Kier molecular flexibility index (Phi) is 3.35. The van der Waals surface area contributed by atoms with Crippen molar-refractivity contribution in [3.63, 3.8) is 0 Å². The summed E-state index contributed by atoms with van der Waals surface area (Å²) in [4.78, 5) is 19.3. The van der Waals surface area contributed by atoms with Crippen LogP contribution in [0.25, 0.3) is 10.2 Å². The van der Waals surface area contributed by atoms with Crippen LogP contribution in [-0.2, 0) is 0 Å². The van der Waals surface area contributed by atoms with Crippen molar-refractivity contribution in [1.29, 1.82) is 0 Å². The zero-order valence-corrected chi connectivity index (χ0v) is 11.1. The van der Waals surface area contributed by atoms with Gasteiger partial charge in [-0.15, -0.1) is 11.3 Å². The molecule has 0 bridgehead atoms. The molecule has 0 unspecified atom stereocenters. The number of halogens is 2. The van der Waals surface area contributed by atoms with E-state index in [1.165, 1.54) is 30.6 Å². The van der Waals surface area contributed by atoms with E-state index < -0.39 is 17.8 Å². The van der Waals surface area contributed by atoms with Gasteiger partial charge in [-0.1, -0.05) is 19.3 Å². The Morgan fingerprint density at radius 3 is 2.74 bits per heavy atom. The predicted molar refractivity (Wildman–Crippen MR) is 71.0 cm³/mol. The maximum absolute atomic E-state index is 12.6. The molecule has 19 heavy (non-hydrogen) atoms. The number of nitrogens with one attached hydrogen (secondary N) is 1. The highest BCUT2D eigenvalue weighted by atomic mass is 32.1. The van der Waals surface area contributed by atoms with E-state index in [-0.39, 0.29) is 0 Å². The van der Waals surface area contributed by atoms with Gasteiger partial charge < -0.3 is 4.98 Å². The van der Waals surface area contributed by atoms with Gasteiger partial charge in [-0.2, -0.15) is 0 Å². The quantitative estimate of drug-likeness (QED) is 0.907. The highest BCUT2D eigenvalue weighted by molar-refractivity contribution is 7.18. The Labute approximate surface area is 112 Å². The molecule has 2 aromatic heterocycles. The second-order valence-electron chi connectivity index (χ2n) is 4.95. The van der Waals surface area contributed by atoms with Gasteiger partial charge in [0.1, 0.15) is 4.83 Å². The second-order valence-corrected chi connectivity index (χ2v) is 6.02. The summed E-state index contributed by atoms with van der Waals surface area (Å²) in [5.74, 6) is -0.0723. The van der Waals surface area contributed by atoms with Crippen molar-refractivity contribution in [2.75, 3.05) is 0 Å². The molecule has 2 heterocycles. The van der Waals surface area contributed by atoms with Crippen LogP contribution in [0.5, 0.6) is 0 Å². The zero-order valence-electron chi connectivity index (χ0n) is 10.3. The topological polar surface area (TPSA) is 45.8 Å². The number of nitrogens with zero attached hydrogens (tertiary/aromatic N) is 1. The van der Waals surface area contributed by atoms with Crippen LogP contribution in [0, 0.1) is 0 Å². The molecule has 0 amide bonds. The summed E-state index contributed by atoms with van der Waals surface area (Å²) in [5.41, 5.74) is -0.460.